The lowest BCUT2D eigenvalue weighted by Gasteiger charge is -2.20. The first-order valence-electron chi connectivity index (χ1n) is 9.11. The number of hydrogen-bond acceptors (Lipinski definition) is 6. The average molecular weight is 432 g/mol. The molecule has 3 aromatic rings. The summed E-state index contributed by atoms with van der Waals surface area (Å²) in [5, 5.41) is 6.37. The highest BCUT2D eigenvalue weighted by molar-refractivity contribution is 7.89. The summed E-state index contributed by atoms with van der Waals surface area (Å²) < 4.78 is 46.7. The molecule has 1 aromatic heterocycles. The maximum Gasteiger partial charge on any atom is 0.241 e. The molecule has 0 saturated heterocycles. The topological polar surface area (TPSA) is 114 Å². The van der Waals surface area contributed by atoms with E-state index >= 15 is 0 Å². The Kier molecular flexibility index (Phi) is 6.28. The molecule has 1 heterocycles. The van der Waals surface area contributed by atoms with Crippen LogP contribution in [0.3, 0.4) is 0 Å². The van der Waals surface area contributed by atoms with E-state index < -0.39 is 33.8 Å². The Bertz CT molecular complexity index is 1150. The molecule has 0 aliphatic carbocycles. The lowest BCUT2D eigenvalue weighted by molar-refractivity contribution is -0.122. The van der Waals surface area contributed by atoms with Crippen LogP contribution in [0.15, 0.2) is 57.9 Å². The second kappa shape index (κ2) is 8.72. The molecule has 158 valence electrons. The van der Waals surface area contributed by atoms with Crippen molar-refractivity contribution in [2.45, 2.75) is 37.8 Å². The number of sulfonamides is 1. The van der Waals surface area contributed by atoms with Crippen LogP contribution >= 0.6 is 0 Å². The van der Waals surface area contributed by atoms with E-state index in [0.717, 1.165) is 5.56 Å². The monoisotopic (exact) mass is 432 g/mol. The van der Waals surface area contributed by atoms with Gasteiger partial charge in [-0.2, -0.15) is 9.71 Å². The summed E-state index contributed by atoms with van der Waals surface area (Å²) in [7, 11) is -3.93. The summed E-state index contributed by atoms with van der Waals surface area (Å²) in [4.78, 5) is 16.8. The molecule has 2 N–H and O–H groups in total. The molecule has 2 aromatic carbocycles. The van der Waals surface area contributed by atoms with E-state index in [9.17, 15) is 17.6 Å². The Morgan fingerprint density at radius 1 is 1.10 bits per heavy atom. The zero-order chi connectivity index (χ0) is 21.9. The van der Waals surface area contributed by atoms with Gasteiger partial charge in [0.1, 0.15) is 11.9 Å². The quantitative estimate of drug-likeness (QED) is 0.593. The summed E-state index contributed by atoms with van der Waals surface area (Å²) in [6.07, 6.45) is 0. The molecule has 10 heteroatoms. The van der Waals surface area contributed by atoms with Crippen LogP contribution in [-0.4, -0.2) is 30.5 Å². The van der Waals surface area contributed by atoms with E-state index in [2.05, 4.69) is 20.2 Å². The van der Waals surface area contributed by atoms with E-state index in [1.54, 1.807) is 25.1 Å². The highest BCUT2D eigenvalue weighted by Crippen LogP contribution is 2.22. The lowest BCUT2D eigenvalue weighted by Crippen LogP contribution is -2.46. The van der Waals surface area contributed by atoms with Crippen molar-refractivity contribution in [2.75, 3.05) is 0 Å². The normalized spacial score (nSPS) is 13.6. The maximum absolute atomic E-state index is 14.4. The third-order valence-electron chi connectivity index (χ3n) is 4.36. The number of aryl methyl sites for hydroxylation is 2. The van der Waals surface area contributed by atoms with Gasteiger partial charge in [0.25, 0.3) is 0 Å². The molecular formula is C20H21FN4O4S. The van der Waals surface area contributed by atoms with Gasteiger partial charge in [0, 0.05) is 12.5 Å². The van der Waals surface area contributed by atoms with Crippen LogP contribution in [0.1, 0.15) is 35.8 Å². The van der Waals surface area contributed by atoms with Gasteiger partial charge in [-0.1, -0.05) is 41.1 Å². The SMILES string of the molecule is Cc1ccc(S(=O)(=O)N[C@@H](C)C(=O)NC(c2noc(C)n2)c2ccccc2F)cc1. The zero-order valence-corrected chi connectivity index (χ0v) is 17.4. The third-order valence-corrected chi connectivity index (χ3v) is 5.92. The van der Waals surface area contributed by atoms with E-state index in [1.807, 2.05) is 6.92 Å². The van der Waals surface area contributed by atoms with E-state index in [1.165, 1.54) is 37.3 Å². The fraction of sp³-hybridized carbons (Fsp3) is 0.250. The molecule has 3 rings (SSSR count). The molecule has 0 bridgehead atoms. The van der Waals surface area contributed by atoms with E-state index in [-0.39, 0.29) is 22.2 Å². The second-order valence-corrected chi connectivity index (χ2v) is 8.50. The number of rotatable bonds is 7. The number of nitrogens with zero attached hydrogens (tertiary/aromatic N) is 2. The molecular weight excluding hydrogens is 411 g/mol. The van der Waals surface area contributed by atoms with Gasteiger partial charge in [0.05, 0.1) is 10.9 Å². The van der Waals surface area contributed by atoms with Crippen LogP contribution in [0.5, 0.6) is 0 Å². The predicted molar refractivity (Wildman–Crippen MR) is 106 cm³/mol. The number of hydrogen-bond donors (Lipinski definition) is 2. The van der Waals surface area contributed by atoms with Crippen molar-refractivity contribution in [3.63, 3.8) is 0 Å². The van der Waals surface area contributed by atoms with Crippen LogP contribution in [-0.2, 0) is 14.8 Å². The largest absolute Gasteiger partial charge is 0.340 e. The summed E-state index contributed by atoms with van der Waals surface area (Å²) in [5.74, 6) is -0.951. The van der Waals surface area contributed by atoms with Crippen molar-refractivity contribution in [3.8, 4) is 0 Å². The summed E-state index contributed by atoms with van der Waals surface area (Å²) in [5.41, 5.74) is 1.03. The Hall–Kier alpha value is -3.11. The smallest absolute Gasteiger partial charge is 0.241 e. The summed E-state index contributed by atoms with van der Waals surface area (Å²) in [6, 6.07) is 9.86. The van der Waals surface area contributed by atoms with Crippen molar-refractivity contribution in [1.82, 2.24) is 20.2 Å². The minimum Gasteiger partial charge on any atom is -0.340 e. The average Bonchev–Trinajstić information content (AvgIpc) is 3.12. The van der Waals surface area contributed by atoms with Gasteiger partial charge in [0.2, 0.25) is 21.8 Å². The summed E-state index contributed by atoms with van der Waals surface area (Å²) >= 11 is 0. The first-order chi connectivity index (χ1) is 14.2. The predicted octanol–water partition coefficient (Wildman–Crippen LogP) is 2.40. The van der Waals surface area contributed by atoms with Crippen LogP contribution in [0, 0.1) is 19.7 Å². The lowest BCUT2D eigenvalue weighted by atomic mass is 10.1. The van der Waals surface area contributed by atoms with Crippen molar-refractivity contribution < 1.29 is 22.1 Å². The summed E-state index contributed by atoms with van der Waals surface area (Å²) in [6.45, 7) is 4.79. The Balaban J connectivity index is 1.81. The third kappa shape index (κ3) is 4.89. The van der Waals surface area contributed by atoms with Gasteiger partial charge in [-0.25, -0.2) is 12.8 Å². The molecule has 0 aliphatic heterocycles. The van der Waals surface area contributed by atoms with Crippen LogP contribution < -0.4 is 10.0 Å². The van der Waals surface area contributed by atoms with Gasteiger partial charge in [0.15, 0.2) is 5.82 Å². The minimum absolute atomic E-state index is 0.0344. The number of carbonyl (C=O) groups is 1. The molecule has 0 spiro atoms. The first-order valence-corrected chi connectivity index (χ1v) is 10.6. The van der Waals surface area contributed by atoms with Crippen molar-refractivity contribution >= 4 is 15.9 Å². The Morgan fingerprint density at radius 3 is 2.37 bits per heavy atom. The Morgan fingerprint density at radius 2 is 1.77 bits per heavy atom. The van der Waals surface area contributed by atoms with Gasteiger partial charge < -0.3 is 9.84 Å². The van der Waals surface area contributed by atoms with Gasteiger partial charge in [-0.15, -0.1) is 0 Å². The van der Waals surface area contributed by atoms with Crippen LogP contribution in [0.4, 0.5) is 4.39 Å². The zero-order valence-electron chi connectivity index (χ0n) is 16.6. The fourth-order valence-electron chi connectivity index (χ4n) is 2.76. The van der Waals surface area contributed by atoms with E-state index in [0.29, 0.717) is 0 Å². The molecule has 0 fully saturated rings. The standard InChI is InChI=1S/C20H21FN4O4S/c1-12-8-10-15(11-9-12)30(27,28)25-13(2)20(26)23-18(19-22-14(3)29-24-19)16-6-4-5-7-17(16)21/h4-11,13,18,25H,1-3H3,(H,23,26)/t13-,18?/m0/s1. The second-order valence-electron chi connectivity index (χ2n) is 6.79. The number of nitrogens with one attached hydrogen (secondary N) is 2. The molecule has 0 aliphatic rings. The molecule has 8 nitrogen and oxygen atoms in total. The molecule has 1 amide bonds. The fourth-order valence-corrected chi connectivity index (χ4v) is 3.96. The Labute approximate surface area is 173 Å². The molecule has 2 atom stereocenters. The molecule has 0 saturated carbocycles. The molecule has 30 heavy (non-hydrogen) atoms. The highest BCUT2D eigenvalue weighted by atomic mass is 32.2. The van der Waals surface area contributed by atoms with Crippen LogP contribution in [0.2, 0.25) is 0 Å². The molecule has 0 radical (unpaired) electrons. The maximum atomic E-state index is 14.4. The number of halogens is 1. The van der Waals surface area contributed by atoms with Gasteiger partial charge >= 0.3 is 0 Å². The first kappa shape index (κ1) is 21.6. The number of amides is 1. The van der Waals surface area contributed by atoms with Gasteiger partial charge in [-0.3, -0.25) is 4.79 Å². The van der Waals surface area contributed by atoms with Crippen LogP contribution in [0.25, 0.3) is 0 Å². The van der Waals surface area contributed by atoms with Crippen molar-refractivity contribution in [2.24, 2.45) is 0 Å². The number of carbonyl (C=O) groups excluding carboxylic acids is 1. The van der Waals surface area contributed by atoms with E-state index in [4.69, 9.17) is 4.52 Å². The number of benzene rings is 2. The molecule has 1 unspecified atom stereocenters. The van der Waals surface area contributed by atoms with Gasteiger partial charge in [-0.05, 0) is 32.0 Å². The van der Waals surface area contributed by atoms with Crippen molar-refractivity contribution in [3.05, 3.63) is 77.2 Å². The highest BCUT2D eigenvalue weighted by Gasteiger charge is 2.28. The minimum atomic E-state index is -3.93. The van der Waals surface area contributed by atoms with Crippen molar-refractivity contribution in [1.29, 1.82) is 0 Å². The number of aromatic nitrogens is 2.